The number of hydrogen-bond donors (Lipinski definition) is 3. The van der Waals surface area contributed by atoms with Crippen molar-refractivity contribution >= 4 is 11.7 Å². The number of pyridine rings is 1. The van der Waals surface area contributed by atoms with Crippen LogP contribution in [0.1, 0.15) is 16.9 Å². The van der Waals surface area contributed by atoms with E-state index in [0.717, 1.165) is 25.2 Å². The molecule has 1 aromatic heterocycles. The van der Waals surface area contributed by atoms with Crippen LogP contribution >= 0.6 is 0 Å². The fraction of sp³-hybridized carbons (Fsp3) is 0.400. The highest BCUT2D eigenvalue weighted by atomic mass is 16.4. The average Bonchev–Trinajstić information content (AvgIpc) is 2.25. The van der Waals surface area contributed by atoms with E-state index in [4.69, 9.17) is 5.11 Å². The Kier molecular flexibility index (Phi) is 4.56. The average molecular weight is 209 g/mol. The van der Waals surface area contributed by atoms with E-state index in [1.165, 1.54) is 12.3 Å². The third kappa shape index (κ3) is 3.95. The van der Waals surface area contributed by atoms with E-state index in [9.17, 15) is 4.79 Å². The van der Waals surface area contributed by atoms with Gasteiger partial charge in [0.1, 0.15) is 5.69 Å². The second kappa shape index (κ2) is 5.98. The first-order valence-corrected chi connectivity index (χ1v) is 4.82. The number of carboxylic acid groups (broad SMARTS) is 1. The predicted molar refractivity (Wildman–Crippen MR) is 58.2 cm³/mol. The molecule has 3 N–H and O–H groups in total. The molecule has 0 saturated carbocycles. The topological polar surface area (TPSA) is 74.2 Å². The Morgan fingerprint density at radius 2 is 2.33 bits per heavy atom. The fourth-order valence-corrected chi connectivity index (χ4v) is 1.16. The Bertz CT molecular complexity index is 328. The Balaban J connectivity index is 2.47. The maximum absolute atomic E-state index is 10.6. The molecule has 0 aliphatic heterocycles. The Morgan fingerprint density at radius 1 is 1.53 bits per heavy atom. The van der Waals surface area contributed by atoms with Gasteiger partial charge in [-0.15, -0.1) is 0 Å². The van der Waals surface area contributed by atoms with Crippen LogP contribution in [0.5, 0.6) is 0 Å². The van der Waals surface area contributed by atoms with Crippen LogP contribution < -0.4 is 10.6 Å². The van der Waals surface area contributed by atoms with Crippen molar-refractivity contribution in [3.05, 3.63) is 24.0 Å². The van der Waals surface area contributed by atoms with Crippen LogP contribution in [0, 0.1) is 0 Å². The minimum absolute atomic E-state index is 0.0635. The second-order valence-corrected chi connectivity index (χ2v) is 3.12. The van der Waals surface area contributed by atoms with Crippen LogP contribution in [0.25, 0.3) is 0 Å². The molecule has 5 nitrogen and oxygen atoms in total. The highest BCUT2D eigenvalue weighted by Crippen LogP contribution is 2.07. The number of nitrogens with one attached hydrogen (secondary N) is 2. The number of hydrogen-bond acceptors (Lipinski definition) is 4. The van der Waals surface area contributed by atoms with Crippen molar-refractivity contribution in [1.29, 1.82) is 0 Å². The SMILES string of the molecule is CNCCCNc1ccnc(C(=O)O)c1. The third-order valence-corrected chi connectivity index (χ3v) is 1.91. The molecule has 82 valence electrons. The molecule has 0 fully saturated rings. The highest BCUT2D eigenvalue weighted by Gasteiger charge is 2.03. The van der Waals surface area contributed by atoms with E-state index >= 15 is 0 Å². The molecule has 0 bridgehead atoms. The zero-order chi connectivity index (χ0) is 11.1. The fourth-order valence-electron chi connectivity index (χ4n) is 1.16. The molecule has 5 heteroatoms. The molecule has 1 aromatic rings. The zero-order valence-corrected chi connectivity index (χ0v) is 8.66. The Labute approximate surface area is 88.5 Å². The largest absolute Gasteiger partial charge is 0.477 e. The molecule has 0 aromatic carbocycles. The smallest absolute Gasteiger partial charge is 0.354 e. The number of aromatic carboxylic acids is 1. The summed E-state index contributed by atoms with van der Waals surface area (Å²) in [4.78, 5) is 14.4. The summed E-state index contributed by atoms with van der Waals surface area (Å²) in [5.74, 6) is -1.01. The summed E-state index contributed by atoms with van der Waals surface area (Å²) in [6.07, 6.45) is 2.48. The first-order chi connectivity index (χ1) is 7.24. The summed E-state index contributed by atoms with van der Waals surface area (Å²) >= 11 is 0. The van der Waals surface area contributed by atoms with E-state index in [2.05, 4.69) is 15.6 Å². The minimum Gasteiger partial charge on any atom is -0.477 e. The maximum Gasteiger partial charge on any atom is 0.354 e. The normalized spacial score (nSPS) is 9.93. The minimum atomic E-state index is -1.01. The summed E-state index contributed by atoms with van der Waals surface area (Å²) in [5.41, 5.74) is 0.854. The van der Waals surface area contributed by atoms with Crippen LogP contribution in [-0.4, -0.2) is 36.2 Å². The molecule has 1 heterocycles. The van der Waals surface area contributed by atoms with Crippen LogP contribution in [0.3, 0.4) is 0 Å². The molecular weight excluding hydrogens is 194 g/mol. The van der Waals surface area contributed by atoms with E-state index in [-0.39, 0.29) is 5.69 Å². The van der Waals surface area contributed by atoms with Crippen molar-refractivity contribution in [3.63, 3.8) is 0 Å². The van der Waals surface area contributed by atoms with Crippen LogP contribution in [0.15, 0.2) is 18.3 Å². The molecule has 0 amide bonds. The lowest BCUT2D eigenvalue weighted by atomic mass is 10.3. The van der Waals surface area contributed by atoms with Crippen molar-refractivity contribution in [1.82, 2.24) is 10.3 Å². The monoisotopic (exact) mass is 209 g/mol. The van der Waals surface area contributed by atoms with Gasteiger partial charge in [-0.1, -0.05) is 0 Å². The molecule has 1 rings (SSSR count). The van der Waals surface area contributed by atoms with Crippen LogP contribution in [0.2, 0.25) is 0 Å². The van der Waals surface area contributed by atoms with Gasteiger partial charge in [-0.05, 0) is 32.1 Å². The van der Waals surface area contributed by atoms with Gasteiger partial charge in [0.2, 0.25) is 0 Å². The van der Waals surface area contributed by atoms with E-state index in [0.29, 0.717) is 0 Å². The molecule has 0 aliphatic rings. The van der Waals surface area contributed by atoms with Crippen molar-refractivity contribution in [3.8, 4) is 0 Å². The highest BCUT2D eigenvalue weighted by molar-refractivity contribution is 5.86. The summed E-state index contributed by atoms with van der Waals surface area (Å²) in [6, 6.07) is 3.29. The lowest BCUT2D eigenvalue weighted by Crippen LogP contribution is -2.13. The number of rotatable bonds is 6. The van der Waals surface area contributed by atoms with Gasteiger partial charge in [-0.3, -0.25) is 0 Å². The van der Waals surface area contributed by atoms with Crippen LogP contribution in [0.4, 0.5) is 5.69 Å². The van der Waals surface area contributed by atoms with Gasteiger partial charge in [-0.25, -0.2) is 9.78 Å². The Hall–Kier alpha value is -1.62. The molecule has 15 heavy (non-hydrogen) atoms. The number of carboxylic acids is 1. The maximum atomic E-state index is 10.6. The van der Waals surface area contributed by atoms with Gasteiger partial charge in [0.05, 0.1) is 0 Å². The van der Waals surface area contributed by atoms with Crippen molar-refractivity contribution < 1.29 is 9.90 Å². The van der Waals surface area contributed by atoms with Gasteiger partial charge < -0.3 is 15.7 Å². The third-order valence-electron chi connectivity index (χ3n) is 1.91. The van der Waals surface area contributed by atoms with Gasteiger partial charge >= 0.3 is 5.97 Å². The second-order valence-electron chi connectivity index (χ2n) is 3.12. The number of aromatic nitrogens is 1. The summed E-state index contributed by atoms with van der Waals surface area (Å²) < 4.78 is 0. The summed E-state index contributed by atoms with van der Waals surface area (Å²) in [7, 11) is 1.90. The standard InChI is InChI=1S/C10H15N3O2/c1-11-4-2-5-12-8-3-6-13-9(7-8)10(14)15/h3,6-7,11H,2,4-5H2,1H3,(H,12,13)(H,14,15). The Morgan fingerprint density at radius 3 is 3.00 bits per heavy atom. The molecule has 0 saturated heterocycles. The van der Waals surface area contributed by atoms with Gasteiger partial charge in [-0.2, -0.15) is 0 Å². The van der Waals surface area contributed by atoms with E-state index in [1.54, 1.807) is 6.07 Å². The summed E-state index contributed by atoms with van der Waals surface area (Å²) in [5, 5.41) is 14.9. The molecule has 0 radical (unpaired) electrons. The molecule has 0 atom stereocenters. The zero-order valence-electron chi connectivity index (χ0n) is 8.66. The molecule has 0 spiro atoms. The quantitative estimate of drug-likeness (QED) is 0.604. The summed E-state index contributed by atoms with van der Waals surface area (Å²) in [6.45, 7) is 1.74. The van der Waals surface area contributed by atoms with E-state index in [1.807, 2.05) is 7.05 Å². The number of carbonyl (C=O) groups is 1. The first kappa shape index (κ1) is 11.5. The molecule has 0 aliphatic carbocycles. The first-order valence-electron chi connectivity index (χ1n) is 4.82. The lowest BCUT2D eigenvalue weighted by Gasteiger charge is -2.06. The van der Waals surface area contributed by atoms with E-state index < -0.39 is 5.97 Å². The van der Waals surface area contributed by atoms with Gasteiger partial charge in [0.25, 0.3) is 0 Å². The van der Waals surface area contributed by atoms with Gasteiger partial charge in [0, 0.05) is 18.4 Å². The van der Waals surface area contributed by atoms with Crippen molar-refractivity contribution in [2.45, 2.75) is 6.42 Å². The van der Waals surface area contributed by atoms with Crippen molar-refractivity contribution in [2.75, 3.05) is 25.5 Å². The van der Waals surface area contributed by atoms with Crippen molar-refractivity contribution in [2.24, 2.45) is 0 Å². The lowest BCUT2D eigenvalue weighted by molar-refractivity contribution is 0.0690. The van der Waals surface area contributed by atoms with Gasteiger partial charge in [0.15, 0.2) is 0 Å². The number of nitrogens with zero attached hydrogens (tertiary/aromatic N) is 1. The molecule has 0 unspecified atom stereocenters. The van der Waals surface area contributed by atoms with Crippen LogP contribution in [-0.2, 0) is 0 Å². The number of anilines is 1. The predicted octanol–water partition coefficient (Wildman–Crippen LogP) is 0.801. The molecular formula is C10H15N3O2.